The van der Waals surface area contributed by atoms with Crippen molar-refractivity contribution in [1.29, 1.82) is 0 Å². The number of aromatic nitrogens is 6. The smallest absolute Gasteiger partial charge is 0.244 e. The van der Waals surface area contributed by atoms with Crippen molar-refractivity contribution in [2.45, 2.75) is 26.3 Å². The maximum Gasteiger partial charge on any atom is 0.244 e. The molecule has 3 aromatic heterocycles. The van der Waals surface area contributed by atoms with E-state index >= 15 is 0 Å². The van der Waals surface area contributed by atoms with E-state index in [2.05, 4.69) is 25.3 Å². The van der Waals surface area contributed by atoms with E-state index in [4.69, 9.17) is 0 Å². The lowest BCUT2D eigenvalue weighted by Crippen LogP contribution is -2.31. The Bertz CT molecular complexity index is 1570. The van der Waals surface area contributed by atoms with Crippen LogP contribution in [0.15, 0.2) is 61.2 Å². The predicted molar refractivity (Wildman–Crippen MR) is 134 cm³/mol. The second-order valence-electron chi connectivity index (χ2n) is 9.08. The number of carbonyl (C=O) groups excluding carboxylic acids is 1. The number of carbonyl (C=O) groups is 1. The highest BCUT2D eigenvalue weighted by Gasteiger charge is 2.19. The van der Waals surface area contributed by atoms with E-state index in [1.807, 2.05) is 35.4 Å². The SMILES string of the molecule is Cc1nc(-c2cc3c(-c4ccc(-c5cnn(CC(=O)N6CCCC6)c5)cc4)cncc3cc2F)n[nH]1. The summed E-state index contributed by atoms with van der Waals surface area (Å²) in [6, 6.07) is 11.3. The molecule has 0 radical (unpaired) electrons. The van der Waals surface area contributed by atoms with Crippen molar-refractivity contribution in [3.8, 4) is 33.6 Å². The molecule has 1 amide bonds. The van der Waals surface area contributed by atoms with Crippen molar-refractivity contribution < 1.29 is 9.18 Å². The number of pyridine rings is 1. The zero-order valence-corrected chi connectivity index (χ0v) is 19.8. The van der Waals surface area contributed by atoms with Gasteiger partial charge in [-0.3, -0.25) is 19.6 Å². The highest BCUT2D eigenvalue weighted by atomic mass is 19.1. The topological polar surface area (TPSA) is 92.6 Å². The number of nitrogens with zero attached hydrogens (tertiary/aromatic N) is 6. The monoisotopic (exact) mass is 481 g/mol. The molecule has 0 saturated carbocycles. The van der Waals surface area contributed by atoms with Gasteiger partial charge >= 0.3 is 0 Å². The Morgan fingerprint density at radius 2 is 1.78 bits per heavy atom. The number of aryl methyl sites for hydroxylation is 1. The molecule has 1 aliphatic heterocycles. The van der Waals surface area contributed by atoms with Crippen LogP contribution in [0.4, 0.5) is 4.39 Å². The van der Waals surface area contributed by atoms with Crippen LogP contribution in [-0.2, 0) is 11.3 Å². The lowest BCUT2D eigenvalue weighted by atomic mass is 9.97. The molecule has 2 aromatic carbocycles. The van der Waals surface area contributed by atoms with E-state index in [1.165, 1.54) is 6.07 Å². The highest BCUT2D eigenvalue weighted by molar-refractivity contribution is 5.98. The Balaban J connectivity index is 1.28. The van der Waals surface area contributed by atoms with Crippen LogP contribution in [0.2, 0.25) is 0 Å². The largest absolute Gasteiger partial charge is 0.341 e. The lowest BCUT2D eigenvalue weighted by Gasteiger charge is -2.14. The molecule has 0 bridgehead atoms. The number of H-pyrrole nitrogens is 1. The van der Waals surface area contributed by atoms with E-state index in [0.29, 0.717) is 22.6 Å². The molecular formula is C27H24FN7O. The Kier molecular flexibility index (Phi) is 5.52. The molecule has 36 heavy (non-hydrogen) atoms. The number of rotatable bonds is 5. The minimum Gasteiger partial charge on any atom is -0.341 e. The van der Waals surface area contributed by atoms with Gasteiger partial charge in [0.1, 0.15) is 18.2 Å². The van der Waals surface area contributed by atoms with Gasteiger partial charge < -0.3 is 4.90 Å². The Hall–Kier alpha value is -4.40. The van der Waals surface area contributed by atoms with Crippen molar-refractivity contribution in [1.82, 2.24) is 34.8 Å². The van der Waals surface area contributed by atoms with Crippen LogP contribution in [-0.4, -0.2) is 53.8 Å². The number of amides is 1. The van der Waals surface area contributed by atoms with Gasteiger partial charge in [-0.15, -0.1) is 0 Å². The van der Waals surface area contributed by atoms with Gasteiger partial charge in [0.05, 0.1) is 11.8 Å². The van der Waals surface area contributed by atoms with Crippen LogP contribution in [0, 0.1) is 12.7 Å². The lowest BCUT2D eigenvalue weighted by molar-refractivity contribution is -0.130. The Labute approximate surface area is 206 Å². The molecule has 180 valence electrons. The normalized spacial score (nSPS) is 13.6. The minimum atomic E-state index is -0.393. The van der Waals surface area contributed by atoms with Crippen molar-refractivity contribution in [2.24, 2.45) is 0 Å². The summed E-state index contributed by atoms with van der Waals surface area (Å²) in [6.45, 7) is 3.71. The number of fused-ring (bicyclic) bond motifs is 1. The van der Waals surface area contributed by atoms with Gasteiger partial charge in [0.15, 0.2) is 5.82 Å². The molecule has 8 nitrogen and oxygen atoms in total. The number of aromatic amines is 1. The van der Waals surface area contributed by atoms with Gasteiger partial charge in [-0.25, -0.2) is 9.37 Å². The first-order valence-electron chi connectivity index (χ1n) is 11.9. The first-order valence-corrected chi connectivity index (χ1v) is 11.9. The molecule has 4 heterocycles. The molecule has 1 N–H and O–H groups in total. The van der Waals surface area contributed by atoms with Crippen molar-refractivity contribution >= 4 is 16.7 Å². The van der Waals surface area contributed by atoms with Crippen molar-refractivity contribution in [3.63, 3.8) is 0 Å². The third-order valence-electron chi connectivity index (χ3n) is 6.60. The number of benzene rings is 2. The molecule has 1 fully saturated rings. The number of likely N-dealkylation sites (tertiary alicyclic amines) is 1. The van der Waals surface area contributed by atoms with E-state index in [0.717, 1.165) is 53.6 Å². The van der Waals surface area contributed by atoms with Crippen molar-refractivity contribution in [2.75, 3.05) is 13.1 Å². The van der Waals surface area contributed by atoms with Crippen LogP contribution < -0.4 is 0 Å². The molecule has 1 aliphatic rings. The van der Waals surface area contributed by atoms with E-state index in [1.54, 1.807) is 36.3 Å². The molecular weight excluding hydrogens is 457 g/mol. The minimum absolute atomic E-state index is 0.108. The van der Waals surface area contributed by atoms with Gasteiger partial charge in [-0.05, 0) is 48.4 Å². The second kappa shape index (κ2) is 8.99. The van der Waals surface area contributed by atoms with E-state index in [9.17, 15) is 9.18 Å². The third kappa shape index (κ3) is 4.13. The molecule has 1 saturated heterocycles. The Morgan fingerprint density at radius 1 is 1.00 bits per heavy atom. The van der Waals surface area contributed by atoms with Gasteiger partial charge in [0.2, 0.25) is 5.91 Å². The van der Waals surface area contributed by atoms with Gasteiger partial charge in [0.25, 0.3) is 0 Å². The predicted octanol–water partition coefficient (Wildman–Crippen LogP) is 4.62. The van der Waals surface area contributed by atoms with Gasteiger partial charge in [0, 0.05) is 48.2 Å². The molecule has 6 rings (SSSR count). The molecule has 0 aliphatic carbocycles. The van der Waals surface area contributed by atoms with Crippen LogP contribution in [0.5, 0.6) is 0 Å². The van der Waals surface area contributed by atoms with Gasteiger partial charge in [-0.2, -0.15) is 10.2 Å². The summed E-state index contributed by atoms with van der Waals surface area (Å²) in [6.07, 6.45) is 9.26. The fourth-order valence-corrected chi connectivity index (χ4v) is 4.70. The molecule has 9 heteroatoms. The zero-order chi connectivity index (χ0) is 24.6. The first-order chi connectivity index (χ1) is 17.5. The molecule has 0 atom stereocenters. The van der Waals surface area contributed by atoms with Crippen LogP contribution in [0.25, 0.3) is 44.4 Å². The average molecular weight is 482 g/mol. The maximum atomic E-state index is 14.8. The zero-order valence-electron chi connectivity index (χ0n) is 19.8. The number of hydrogen-bond donors (Lipinski definition) is 1. The summed E-state index contributed by atoms with van der Waals surface area (Å²) in [5, 5.41) is 12.8. The van der Waals surface area contributed by atoms with Crippen molar-refractivity contribution in [3.05, 3.63) is 72.8 Å². The fourth-order valence-electron chi connectivity index (χ4n) is 4.70. The fraction of sp³-hybridized carbons (Fsp3) is 0.222. The number of hydrogen-bond acceptors (Lipinski definition) is 5. The molecule has 5 aromatic rings. The molecule has 0 spiro atoms. The third-order valence-corrected chi connectivity index (χ3v) is 6.60. The highest BCUT2D eigenvalue weighted by Crippen LogP contribution is 2.33. The standard InChI is InChI=1S/C27H24FN7O/c1-17-31-27(33-32-17)23-11-22-20(10-25(23)28)12-29-14-24(22)19-6-4-18(5-7-19)21-13-30-35(15-21)16-26(36)34-8-2-3-9-34/h4-7,10-15H,2-3,8-9,16H2,1H3,(H,31,32,33). The summed E-state index contributed by atoms with van der Waals surface area (Å²) in [5.41, 5.74) is 4.12. The summed E-state index contributed by atoms with van der Waals surface area (Å²) in [5.74, 6) is 0.664. The van der Waals surface area contributed by atoms with Crippen LogP contribution in [0.1, 0.15) is 18.7 Å². The summed E-state index contributed by atoms with van der Waals surface area (Å²) < 4.78 is 16.5. The number of nitrogens with one attached hydrogen (secondary N) is 1. The summed E-state index contributed by atoms with van der Waals surface area (Å²) in [4.78, 5) is 22.9. The van der Waals surface area contributed by atoms with Crippen LogP contribution in [0.3, 0.4) is 0 Å². The first kappa shape index (κ1) is 22.1. The van der Waals surface area contributed by atoms with E-state index < -0.39 is 5.82 Å². The summed E-state index contributed by atoms with van der Waals surface area (Å²) in [7, 11) is 0. The molecule has 0 unspecified atom stereocenters. The summed E-state index contributed by atoms with van der Waals surface area (Å²) >= 11 is 0. The Morgan fingerprint density at radius 3 is 2.53 bits per heavy atom. The van der Waals surface area contributed by atoms with Gasteiger partial charge in [-0.1, -0.05) is 24.3 Å². The van der Waals surface area contributed by atoms with Crippen LogP contribution >= 0.6 is 0 Å². The van der Waals surface area contributed by atoms with E-state index in [-0.39, 0.29) is 12.5 Å². The average Bonchev–Trinajstić information content (AvgIpc) is 3.66. The number of halogens is 1. The quantitative estimate of drug-likeness (QED) is 0.395. The maximum absolute atomic E-state index is 14.8. The second-order valence-corrected chi connectivity index (χ2v) is 9.08.